The van der Waals surface area contributed by atoms with Crippen LogP contribution in [0.5, 0.6) is 0 Å². The molecule has 0 aliphatic carbocycles. The van der Waals surface area contributed by atoms with Crippen molar-refractivity contribution in [1.82, 2.24) is 9.80 Å². The van der Waals surface area contributed by atoms with Gasteiger partial charge in [0, 0.05) is 25.2 Å². The zero-order valence-electron chi connectivity index (χ0n) is 13.1. The zero-order chi connectivity index (χ0) is 14.8. The Balaban J connectivity index is 1.82. The Morgan fingerprint density at radius 1 is 1.25 bits per heavy atom. The Labute approximate surface area is 122 Å². The van der Waals surface area contributed by atoms with E-state index in [1.807, 2.05) is 13.8 Å². The number of nitrogens with two attached hydrogens (primary N) is 1. The number of carbonyl (C=O) groups is 1. The molecule has 0 amide bonds. The van der Waals surface area contributed by atoms with Crippen molar-refractivity contribution < 1.29 is 9.53 Å². The van der Waals surface area contributed by atoms with E-state index in [0.717, 1.165) is 45.6 Å². The minimum absolute atomic E-state index is 0.120. The first-order valence-electron chi connectivity index (χ1n) is 7.73. The van der Waals surface area contributed by atoms with Gasteiger partial charge in [0.15, 0.2) is 0 Å². The van der Waals surface area contributed by atoms with E-state index >= 15 is 0 Å². The van der Waals surface area contributed by atoms with Crippen LogP contribution in [0.1, 0.15) is 33.1 Å². The van der Waals surface area contributed by atoms with Crippen molar-refractivity contribution in [2.45, 2.75) is 45.2 Å². The van der Waals surface area contributed by atoms with E-state index in [1.165, 1.54) is 13.5 Å². The smallest absolute Gasteiger partial charge is 0.312 e. The normalized spacial score (nSPS) is 26.9. The van der Waals surface area contributed by atoms with Gasteiger partial charge in [-0.25, -0.2) is 0 Å². The van der Waals surface area contributed by atoms with Gasteiger partial charge >= 0.3 is 5.97 Å². The summed E-state index contributed by atoms with van der Waals surface area (Å²) >= 11 is 0. The molecular weight excluding hydrogens is 254 g/mol. The lowest BCUT2D eigenvalue weighted by atomic mass is 9.93. The first kappa shape index (κ1) is 15.7. The highest BCUT2D eigenvalue weighted by molar-refractivity contribution is 5.76. The van der Waals surface area contributed by atoms with Gasteiger partial charge in [0.05, 0.1) is 12.5 Å². The Bertz CT molecular complexity index is 338. The first-order chi connectivity index (χ1) is 9.42. The van der Waals surface area contributed by atoms with Crippen LogP contribution in [-0.2, 0) is 9.53 Å². The minimum Gasteiger partial charge on any atom is -0.469 e. The maximum absolute atomic E-state index is 11.8. The van der Waals surface area contributed by atoms with E-state index in [2.05, 4.69) is 9.80 Å². The molecule has 0 radical (unpaired) electrons. The van der Waals surface area contributed by atoms with Crippen LogP contribution < -0.4 is 5.73 Å². The summed E-state index contributed by atoms with van der Waals surface area (Å²) in [5.74, 6) is -0.120. The van der Waals surface area contributed by atoms with Crippen molar-refractivity contribution in [2.75, 3.05) is 39.8 Å². The lowest BCUT2D eigenvalue weighted by Crippen LogP contribution is -2.46. The predicted octanol–water partition coefficient (Wildman–Crippen LogP) is 0.683. The standard InChI is InChI=1S/C15H29N3O2/c1-15(2,14(19)20-3)11-17-7-6-13(10-17)18-8-4-12(16)5-9-18/h12-13H,4-11,16H2,1-3H3. The number of esters is 1. The number of carbonyl (C=O) groups excluding carboxylic acids is 1. The highest BCUT2D eigenvalue weighted by Crippen LogP contribution is 2.25. The number of nitrogens with zero attached hydrogens (tertiary/aromatic N) is 2. The van der Waals surface area contributed by atoms with E-state index in [1.54, 1.807) is 0 Å². The Morgan fingerprint density at radius 2 is 1.90 bits per heavy atom. The zero-order valence-corrected chi connectivity index (χ0v) is 13.1. The van der Waals surface area contributed by atoms with Crippen LogP contribution in [0, 0.1) is 5.41 Å². The van der Waals surface area contributed by atoms with E-state index in [4.69, 9.17) is 10.5 Å². The number of hydrogen-bond donors (Lipinski definition) is 1. The quantitative estimate of drug-likeness (QED) is 0.769. The highest BCUT2D eigenvalue weighted by Gasteiger charge is 2.36. The maximum atomic E-state index is 11.8. The van der Waals surface area contributed by atoms with Crippen molar-refractivity contribution in [3.05, 3.63) is 0 Å². The van der Waals surface area contributed by atoms with Crippen LogP contribution in [-0.4, -0.2) is 67.7 Å². The van der Waals surface area contributed by atoms with Crippen LogP contribution in [0.3, 0.4) is 0 Å². The molecule has 1 atom stereocenters. The Hall–Kier alpha value is -0.650. The lowest BCUT2D eigenvalue weighted by molar-refractivity contribution is -0.151. The van der Waals surface area contributed by atoms with Gasteiger partial charge in [0.2, 0.25) is 0 Å². The second kappa shape index (κ2) is 6.41. The fourth-order valence-corrected chi connectivity index (χ4v) is 3.44. The molecule has 0 spiro atoms. The van der Waals surface area contributed by atoms with Gasteiger partial charge in [-0.15, -0.1) is 0 Å². The number of methoxy groups -OCH3 is 1. The third-order valence-electron chi connectivity index (χ3n) is 4.69. The van der Waals surface area contributed by atoms with Gasteiger partial charge in [-0.2, -0.15) is 0 Å². The topological polar surface area (TPSA) is 58.8 Å². The number of hydrogen-bond acceptors (Lipinski definition) is 5. The molecule has 0 bridgehead atoms. The molecule has 1 unspecified atom stereocenters. The molecule has 2 N–H and O–H groups in total. The van der Waals surface area contributed by atoms with Crippen molar-refractivity contribution in [3.63, 3.8) is 0 Å². The summed E-state index contributed by atoms with van der Waals surface area (Å²) in [5, 5.41) is 0. The second-order valence-corrected chi connectivity index (χ2v) is 6.93. The van der Waals surface area contributed by atoms with Crippen LogP contribution in [0.2, 0.25) is 0 Å². The molecule has 5 nitrogen and oxygen atoms in total. The van der Waals surface area contributed by atoms with Crippen LogP contribution >= 0.6 is 0 Å². The number of piperidine rings is 1. The first-order valence-corrected chi connectivity index (χ1v) is 7.73. The van der Waals surface area contributed by atoms with Crippen molar-refractivity contribution in [2.24, 2.45) is 11.1 Å². The van der Waals surface area contributed by atoms with Gasteiger partial charge in [-0.3, -0.25) is 9.69 Å². The Morgan fingerprint density at radius 3 is 2.50 bits per heavy atom. The fraction of sp³-hybridized carbons (Fsp3) is 0.933. The third kappa shape index (κ3) is 3.71. The molecule has 0 aromatic rings. The summed E-state index contributed by atoms with van der Waals surface area (Å²) in [4.78, 5) is 16.7. The van der Waals surface area contributed by atoms with E-state index in [9.17, 15) is 4.79 Å². The average molecular weight is 283 g/mol. The summed E-state index contributed by atoms with van der Waals surface area (Å²) in [6.45, 7) is 9.10. The molecule has 2 heterocycles. The maximum Gasteiger partial charge on any atom is 0.312 e. The van der Waals surface area contributed by atoms with Crippen LogP contribution in [0.25, 0.3) is 0 Å². The van der Waals surface area contributed by atoms with Gasteiger partial charge in [0.25, 0.3) is 0 Å². The molecule has 0 aromatic heterocycles. The van der Waals surface area contributed by atoms with Crippen molar-refractivity contribution in [1.29, 1.82) is 0 Å². The summed E-state index contributed by atoms with van der Waals surface area (Å²) in [6, 6.07) is 1.03. The number of rotatable bonds is 4. The van der Waals surface area contributed by atoms with Crippen LogP contribution in [0.4, 0.5) is 0 Å². The van der Waals surface area contributed by atoms with Crippen LogP contribution in [0.15, 0.2) is 0 Å². The monoisotopic (exact) mass is 283 g/mol. The van der Waals surface area contributed by atoms with Gasteiger partial charge in [-0.1, -0.05) is 0 Å². The summed E-state index contributed by atoms with van der Waals surface area (Å²) in [5.41, 5.74) is 5.54. The van der Waals surface area contributed by atoms with Gasteiger partial charge < -0.3 is 15.4 Å². The highest BCUT2D eigenvalue weighted by atomic mass is 16.5. The largest absolute Gasteiger partial charge is 0.469 e. The second-order valence-electron chi connectivity index (χ2n) is 6.93. The van der Waals surface area contributed by atoms with E-state index in [-0.39, 0.29) is 5.97 Å². The van der Waals surface area contributed by atoms with Crippen molar-refractivity contribution >= 4 is 5.97 Å². The number of ether oxygens (including phenoxy) is 1. The fourth-order valence-electron chi connectivity index (χ4n) is 3.44. The molecular formula is C15H29N3O2. The minimum atomic E-state index is -0.423. The molecule has 2 rings (SSSR count). The molecule has 5 heteroatoms. The average Bonchev–Trinajstić information content (AvgIpc) is 2.86. The van der Waals surface area contributed by atoms with Gasteiger partial charge in [-0.05, 0) is 52.7 Å². The third-order valence-corrected chi connectivity index (χ3v) is 4.69. The molecule has 2 aliphatic heterocycles. The van der Waals surface area contributed by atoms with E-state index in [0.29, 0.717) is 12.1 Å². The molecule has 20 heavy (non-hydrogen) atoms. The summed E-state index contributed by atoms with van der Waals surface area (Å²) in [6.07, 6.45) is 3.43. The lowest BCUT2D eigenvalue weighted by Gasteiger charge is -2.35. The summed E-state index contributed by atoms with van der Waals surface area (Å²) < 4.78 is 4.89. The molecule has 0 saturated carbocycles. The summed E-state index contributed by atoms with van der Waals surface area (Å²) in [7, 11) is 1.47. The molecule has 2 aliphatic rings. The SMILES string of the molecule is COC(=O)C(C)(C)CN1CCC(N2CCC(N)CC2)C1. The Kier molecular flexibility index (Phi) is 5.04. The van der Waals surface area contributed by atoms with Gasteiger partial charge in [0.1, 0.15) is 0 Å². The predicted molar refractivity (Wildman–Crippen MR) is 79.4 cm³/mol. The number of likely N-dealkylation sites (tertiary alicyclic amines) is 2. The molecule has 0 aromatic carbocycles. The van der Waals surface area contributed by atoms with Crippen molar-refractivity contribution in [3.8, 4) is 0 Å². The molecule has 2 fully saturated rings. The molecule has 2 saturated heterocycles. The van der Waals surface area contributed by atoms with E-state index < -0.39 is 5.41 Å². The molecule has 116 valence electrons.